The van der Waals surface area contributed by atoms with E-state index >= 15 is 0 Å². The molecule has 0 aromatic heterocycles. The molecule has 0 saturated carbocycles. The fourth-order valence-electron chi connectivity index (χ4n) is 2.95. The maximum atomic E-state index is 12.5. The van der Waals surface area contributed by atoms with Crippen molar-refractivity contribution in [3.05, 3.63) is 64.7 Å². The molecule has 1 fully saturated rings. The summed E-state index contributed by atoms with van der Waals surface area (Å²) < 4.78 is 25.6. The third-order valence-corrected chi connectivity index (χ3v) is 6.71. The molecule has 2 amide bonds. The molecule has 0 bridgehead atoms. The molecule has 0 atom stereocenters. The van der Waals surface area contributed by atoms with Gasteiger partial charge in [0.1, 0.15) is 0 Å². The zero-order valence-electron chi connectivity index (χ0n) is 14.9. The topological polar surface area (TPSA) is 83.6 Å². The summed E-state index contributed by atoms with van der Waals surface area (Å²) in [7, 11) is -3.77. The molecule has 1 aliphatic rings. The third kappa shape index (κ3) is 3.84. The summed E-state index contributed by atoms with van der Waals surface area (Å²) in [6.07, 6.45) is 0. The molecule has 1 saturated heterocycles. The van der Waals surface area contributed by atoms with Gasteiger partial charge < -0.3 is 5.32 Å². The predicted molar refractivity (Wildman–Crippen MR) is 104 cm³/mol. The van der Waals surface area contributed by atoms with E-state index < -0.39 is 21.3 Å². The Bertz CT molecular complexity index is 1020. The molecule has 1 aliphatic heterocycles. The lowest BCUT2D eigenvalue weighted by Gasteiger charge is -2.18. The van der Waals surface area contributed by atoms with Crippen LogP contribution >= 0.6 is 11.6 Å². The molecule has 0 radical (unpaired) electrons. The molecule has 3 rings (SSSR count). The SMILES string of the molecule is CC1(C)CS(=O)(=O)N(c2cccc(C(=O)NCc3ccccc3Cl)c2)C1=O. The van der Waals surface area contributed by atoms with E-state index in [4.69, 9.17) is 11.6 Å². The van der Waals surface area contributed by atoms with Gasteiger partial charge in [-0.05, 0) is 43.7 Å². The maximum absolute atomic E-state index is 12.5. The highest BCUT2D eigenvalue weighted by atomic mass is 35.5. The highest BCUT2D eigenvalue weighted by Crippen LogP contribution is 2.35. The number of hydrogen-bond acceptors (Lipinski definition) is 4. The maximum Gasteiger partial charge on any atom is 0.251 e. The second-order valence-electron chi connectivity index (χ2n) is 7.03. The Labute approximate surface area is 163 Å². The number of rotatable bonds is 4. The Morgan fingerprint density at radius 3 is 2.52 bits per heavy atom. The fourth-order valence-corrected chi connectivity index (χ4v) is 5.26. The van der Waals surface area contributed by atoms with Gasteiger partial charge in [-0.25, -0.2) is 12.7 Å². The summed E-state index contributed by atoms with van der Waals surface area (Å²) in [5, 5.41) is 3.29. The smallest absolute Gasteiger partial charge is 0.251 e. The number of nitrogens with zero attached hydrogens (tertiary/aromatic N) is 1. The normalized spacial score (nSPS) is 17.7. The van der Waals surface area contributed by atoms with Gasteiger partial charge in [0.15, 0.2) is 0 Å². The monoisotopic (exact) mass is 406 g/mol. The average Bonchev–Trinajstić information content (AvgIpc) is 2.76. The Kier molecular flexibility index (Phi) is 5.01. The third-order valence-electron chi connectivity index (χ3n) is 4.32. The van der Waals surface area contributed by atoms with Crippen molar-refractivity contribution >= 4 is 39.1 Å². The number of hydrogen-bond donors (Lipinski definition) is 1. The second-order valence-corrected chi connectivity index (χ2v) is 9.26. The van der Waals surface area contributed by atoms with Crippen LogP contribution in [-0.4, -0.2) is 26.0 Å². The quantitative estimate of drug-likeness (QED) is 0.846. The predicted octanol–water partition coefficient (Wildman–Crippen LogP) is 2.97. The molecule has 8 heteroatoms. The minimum atomic E-state index is -3.77. The summed E-state index contributed by atoms with van der Waals surface area (Å²) in [4.78, 5) is 25.0. The molecule has 2 aromatic carbocycles. The number of halogens is 1. The molecule has 142 valence electrons. The van der Waals surface area contributed by atoms with Gasteiger partial charge in [0, 0.05) is 17.1 Å². The van der Waals surface area contributed by atoms with Crippen LogP contribution < -0.4 is 9.62 Å². The van der Waals surface area contributed by atoms with E-state index in [1.54, 1.807) is 44.2 Å². The molecule has 1 N–H and O–H groups in total. The van der Waals surface area contributed by atoms with Crippen molar-refractivity contribution in [3.8, 4) is 0 Å². The van der Waals surface area contributed by atoms with E-state index in [0.29, 0.717) is 5.02 Å². The number of benzene rings is 2. The molecule has 2 aromatic rings. The van der Waals surface area contributed by atoms with Crippen molar-refractivity contribution in [3.63, 3.8) is 0 Å². The van der Waals surface area contributed by atoms with E-state index in [1.807, 2.05) is 6.07 Å². The molecular formula is C19H19ClN2O4S. The average molecular weight is 407 g/mol. The van der Waals surface area contributed by atoms with E-state index in [2.05, 4.69) is 5.32 Å². The summed E-state index contributed by atoms with van der Waals surface area (Å²) in [6, 6.07) is 13.2. The van der Waals surface area contributed by atoms with Crippen molar-refractivity contribution in [1.82, 2.24) is 5.32 Å². The van der Waals surface area contributed by atoms with Crippen LogP contribution in [0.3, 0.4) is 0 Å². The number of carbonyl (C=O) groups excluding carboxylic acids is 2. The Morgan fingerprint density at radius 1 is 1.19 bits per heavy atom. The molecule has 27 heavy (non-hydrogen) atoms. The van der Waals surface area contributed by atoms with Crippen molar-refractivity contribution < 1.29 is 18.0 Å². The van der Waals surface area contributed by atoms with E-state index in [-0.39, 0.29) is 29.5 Å². The number of anilines is 1. The number of carbonyl (C=O) groups is 2. The number of sulfonamides is 1. The molecule has 0 unspecified atom stereocenters. The highest BCUT2D eigenvalue weighted by molar-refractivity contribution is 7.94. The van der Waals surface area contributed by atoms with Crippen molar-refractivity contribution in [2.75, 3.05) is 10.1 Å². The van der Waals surface area contributed by atoms with E-state index in [9.17, 15) is 18.0 Å². The summed E-state index contributed by atoms with van der Waals surface area (Å²) in [5.41, 5.74) is 0.187. The van der Waals surface area contributed by atoms with Crippen LogP contribution in [0.4, 0.5) is 5.69 Å². The zero-order chi connectivity index (χ0) is 19.8. The minimum absolute atomic E-state index is 0.163. The summed E-state index contributed by atoms with van der Waals surface area (Å²) in [5.74, 6) is -1.15. The first kappa shape index (κ1) is 19.4. The van der Waals surface area contributed by atoms with Crippen LogP contribution in [0.25, 0.3) is 0 Å². The number of amides is 2. The molecule has 0 aliphatic carbocycles. The fraction of sp³-hybridized carbons (Fsp3) is 0.263. The lowest BCUT2D eigenvalue weighted by atomic mass is 9.95. The Morgan fingerprint density at radius 2 is 1.89 bits per heavy atom. The molecule has 6 nitrogen and oxygen atoms in total. The molecule has 0 spiro atoms. The first-order valence-electron chi connectivity index (χ1n) is 8.31. The molecule has 1 heterocycles. The lowest BCUT2D eigenvalue weighted by Crippen LogP contribution is -2.33. The Balaban J connectivity index is 1.83. The van der Waals surface area contributed by atoms with Crippen LogP contribution in [0.15, 0.2) is 48.5 Å². The zero-order valence-corrected chi connectivity index (χ0v) is 16.5. The number of nitrogens with one attached hydrogen (secondary N) is 1. The van der Waals surface area contributed by atoms with Crippen molar-refractivity contribution in [2.45, 2.75) is 20.4 Å². The van der Waals surface area contributed by atoms with Crippen molar-refractivity contribution in [1.29, 1.82) is 0 Å². The van der Waals surface area contributed by atoms with Crippen LogP contribution in [0, 0.1) is 5.41 Å². The standard InChI is InChI=1S/C19H19ClN2O4S/c1-19(2)12-27(25,26)22(18(19)24)15-8-5-7-13(10-15)17(23)21-11-14-6-3-4-9-16(14)20/h3-10H,11-12H2,1-2H3,(H,21,23). The lowest BCUT2D eigenvalue weighted by molar-refractivity contribution is -0.123. The van der Waals surface area contributed by atoms with Gasteiger partial charge in [-0.3, -0.25) is 9.59 Å². The highest BCUT2D eigenvalue weighted by Gasteiger charge is 2.49. The van der Waals surface area contributed by atoms with Gasteiger partial charge >= 0.3 is 0 Å². The van der Waals surface area contributed by atoms with Gasteiger partial charge in [0.25, 0.3) is 5.91 Å². The van der Waals surface area contributed by atoms with E-state index in [0.717, 1.165) is 9.87 Å². The van der Waals surface area contributed by atoms with Crippen LogP contribution in [0.1, 0.15) is 29.8 Å². The summed E-state index contributed by atoms with van der Waals surface area (Å²) >= 11 is 6.08. The Hall–Kier alpha value is -2.38. The van der Waals surface area contributed by atoms with Gasteiger partial charge in [0.2, 0.25) is 15.9 Å². The van der Waals surface area contributed by atoms with Gasteiger partial charge in [-0.2, -0.15) is 0 Å². The summed E-state index contributed by atoms with van der Waals surface area (Å²) in [6.45, 7) is 3.41. The first-order chi connectivity index (χ1) is 12.6. The van der Waals surface area contributed by atoms with Gasteiger partial charge in [-0.15, -0.1) is 0 Å². The molecular weight excluding hydrogens is 388 g/mol. The van der Waals surface area contributed by atoms with Gasteiger partial charge in [-0.1, -0.05) is 35.9 Å². The second kappa shape index (κ2) is 6.98. The first-order valence-corrected chi connectivity index (χ1v) is 10.3. The largest absolute Gasteiger partial charge is 0.348 e. The minimum Gasteiger partial charge on any atom is -0.348 e. The van der Waals surface area contributed by atoms with E-state index in [1.165, 1.54) is 12.1 Å². The van der Waals surface area contributed by atoms with Crippen LogP contribution in [0.2, 0.25) is 5.02 Å². The van der Waals surface area contributed by atoms with Crippen LogP contribution in [-0.2, 0) is 21.4 Å². The van der Waals surface area contributed by atoms with Crippen molar-refractivity contribution in [2.24, 2.45) is 5.41 Å². The van der Waals surface area contributed by atoms with Crippen LogP contribution in [0.5, 0.6) is 0 Å². The van der Waals surface area contributed by atoms with Gasteiger partial charge in [0.05, 0.1) is 16.9 Å².